The third-order valence-corrected chi connectivity index (χ3v) is 3.20. The Bertz CT molecular complexity index is 654. The van der Waals surface area contributed by atoms with Gasteiger partial charge in [0.15, 0.2) is 0 Å². The summed E-state index contributed by atoms with van der Waals surface area (Å²) in [4.78, 5) is 10.8. The van der Waals surface area contributed by atoms with Crippen LogP contribution in [0.2, 0.25) is 0 Å². The highest BCUT2D eigenvalue weighted by Gasteiger charge is 2.20. The molecule has 110 valence electrons. The van der Waals surface area contributed by atoms with E-state index < -0.39 is 4.92 Å². The van der Waals surface area contributed by atoms with Crippen molar-refractivity contribution in [1.82, 2.24) is 0 Å². The van der Waals surface area contributed by atoms with Gasteiger partial charge in [0.25, 0.3) is 0 Å². The lowest BCUT2D eigenvalue weighted by Crippen LogP contribution is -1.99. The van der Waals surface area contributed by atoms with E-state index in [2.05, 4.69) is 19.2 Å². The third-order valence-electron chi connectivity index (χ3n) is 3.20. The lowest BCUT2D eigenvalue weighted by molar-refractivity contribution is -0.384. The summed E-state index contributed by atoms with van der Waals surface area (Å²) in [5, 5.41) is 14.1. The molecule has 0 radical (unpaired) electrons. The second kappa shape index (κ2) is 6.26. The van der Waals surface area contributed by atoms with Crippen molar-refractivity contribution in [3.8, 4) is 11.5 Å². The number of nitro benzene ring substituents is 1. The fourth-order valence-electron chi connectivity index (χ4n) is 2.06. The van der Waals surface area contributed by atoms with E-state index in [0.717, 1.165) is 5.56 Å². The molecule has 0 fully saturated rings. The minimum Gasteiger partial charge on any atom is -0.450 e. The van der Waals surface area contributed by atoms with Crippen LogP contribution in [0.15, 0.2) is 42.5 Å². The zero-order chi connectivity index (χ0) is 15.4. The van der Waals surface area contributed by atoms with Crippen molar-refractivity contribution in [2.24, 2.45) is 0 Å². The van der Waals surface area contributed by atoms with Crippen molar-refractivity contribution < 1.29 is 9.66 Å². The highest BCUT2D eigenvalue weighted by Crippen LogP contribution is 2.37. The van der Waals surface area contributed by atoms with Gasteiger partial charge in [0.05, 0.1) is 4.92 Å². The topological polar surface area (TPSA) is 64.4 Å². The standard InChI is InChI=1S/C16H18N2O3/c1-11(2)12-6-4-7-13(10-12)21-15-9-5-8-14(17-3)16(15)18(19)20/h4-11,17H,1-3H3. The first-order valence-electron chi connectivity index (χ1n) is 6.76. The molecule has 2 rings (SSSR count). The molecule has 0 aliphatic rings. The van der Waals surface area contributed by atoms with Gasteiger partial charge in [-0.25, -0.2) is 0 Å². The van der Waals surface area contributed by atoms with Gasteiger partial charge >= 0.3 is 5.69 Å². The molecule has 1 N–H and O–H groups in total. The largest absolute Gasteiger partial charge is 0.450 e. The van der Waals surface area contributed by atoms with Gasteiger partial charge in [0, 0.05) is 7.05 Å². The zero-order valence-electron chi connectivity index (χ0n) is 12.3. The van der Waals surface area contributed by atoms with E-state index in [1.54, 1.807) is 31.3 Å². The van der Waals surface area contributed by atoms with Gasteiger partial charge in [0.2, 0.25) is 5.75 Å². The summed E-state index contributed by atoms with van der Waals surface area (Å²) in [6.45, 7) is 4.17. The molecule has 0 aliphatic carbocycles. The van der Waals surface area contributed by atoms with E-state index in [0.29, 0.717) is 17.4 Å². The van der Waals surface area contributed by atoms with Crippen molar-refractivity contribution in [1.29, 1.82) is 0 Å². The average Bonchev–Trinajstić information content (AvgIpc) is 2.46. The monoisotopic (exact) mass is 286 g/mol. The fourth-order valence-corrected chi connectivity index (χ4v) is 2.06. The first-order valence-corrected chi connectivity index (χ1v) is 6.76. The number of anilines is 1. The number of nitro groups is 1. The van der Waals surface area contributed by atoms with Crippen LogP contribution >= 0.6 is 0 Å². The van der Waals surface area contributed by atoms with Crippen LogP contribution in [0.4, 0.5) is 11.4 Å². The molecule has 0 saturated heterocycles. The quantitative estimate of drug-likeness (QED) is 0.646. The number of hydrogen-bond donors (Lipinski definition) is 1. The highest BCUT2D eigenvalue weighted by atomic mass is 16.6. The molecule has 0 spiro atoms. The average molecular weight is 286 g/mol. The number of para-hydroxylation sites is 1. The summed E-state index contributed by atoms with van der Waals surface area (Å²) in [5.74, 6) is 1.19. The molecule has 0 bridgehead atoms. The molecule has 21 heavy (non-hydrogen) atoms. The maximum Gasteiger partial charge on any atom is 0.334 e. The number of nitrogens with zero attached hydrogens (tertiary/aromatic N) is 1. The fraction of sp³-hybridized carbons (Fsp3) is 0.250. The predicted octanol–water partition coefficient (Wildman–Crippen LogP) is 4.55. The number of benzene rings is 2. The Morgan fingerprint density at radius 3 is 2.52 bits per heavy atom. The predicted molar refractivity (Wildman–Crippen MR) is 83.2 cm³/mol. The van der Waals surface area contributed by atoms with Crippen molar-refractivity contribution in [2.75, 3.05) is 12.4 Å². The van der Waals surface area contributed by atoms with Crippen LogP contribution in [0.3, 0.4) is 0 Å². The highest BCUT2D eigenvalue weighted by molar-refractivity contribution is 5.68. The van der Waals surface area contributed by atoms with Crippen LogP contribution in [0.5, 0.6) is 11.5 Å². The molecule has 0 unspecified atom stereocenters. The van der Waals surface area contributed by atoms with E-state index in [1.165, 1.54) is 0 Å². The van der Waals surface area contributed by atoms with Crippen LogP contribution in [0.25, 0.3) is 0 Å². The SMILES string of the molecule is CNc1cccc(Oc2cccc(C(C)C)c2)c1[N+](=O)[O-]. The molecule has 0 amide bonds. The zero-order valence-corrected chi connectivity index (χ0v) is 12.3. The Hall–Kier alpha value is -2.56. The second-order valence-electron chi connectivity index (χ2n) is 4.99. The molecule has 0 heterocycles. The first-order chi connectivity index (χ1) is 10.0. The normalized spacial score (nSPS) is 10.5. The molecule has 2 aromatic carbocycles. The number of hydrogen-bond acceptors (Lipinski definition) is 4. The van der Waals surface area contributed by atoms with Gasteiger partial charge in [-0.05, 0) is 35.7 Å². The molecular weight excluding hydrogens is 268 g/mol. The molecular formula is C16H18N2O3. The summed E-state index contributed by atoms with van der Waals surface area (Å²) in [7, 11) is 1.64. The van der Waals surface area contributed by atoms with Crippen LogP contribution < -0.4 is 10.1 Å². The van der Waals surface area contributed by atoms with Gasteiger partial charge in [0.1, 0.15) is 11.4 Å². The summed E-state index contributed by atoms with van der Waals surface area (Å²) < 4.78 is 5.72. The third kappa shape index (κ3) is 3.31. The van der Waals surface area contributed by atoms with Crippen molar-refractivity contribution >= 4 is 11.4 Å². The lowest BCUT2D eigenvalue weighted by atomic mass is 10.0. The molecule has 0 atom stereocenters. The van der Waals surface area contributed by atoms with Crippen molar-refractivity contribution in [3.05, 3.63) is 58.1 Å². The summed E-state index contributed by atoms with van der Waals surface area (Å²) in [6, 6.07) is 12.6. The van der Waals surface area contributed by atoms with E-state index in [1.807, 2.05) is 18.2 Å². The summed E-state index contributed by atoms with van der Waals surface area (Å²) >= 11 is 0. The minimum absolute atomic E-state index is 0.0602. The Kier molecular flexibility index (Phi) is 4.42. The van der Waals surface area contributed by atoms with E-state index in [9.17, 15) is 10.1 Å². The van der Waals surface area contributed by atoms with Crippen LogP contribution in [0, 0.1) is 10.1 Å². The second-order valence-corrected chi connectivity index (χ2v) is 4.99. The number of rotatable bonds is 5. The van der Waals surface area contributed by atoms with Gasteiger partial charge in [-0.2, -0.15) is 0 Å². The van der Waals surface area contributed by atoms with Crippen LogP contribution in [-0.4, -0.2) is 12.0 Å². The Morgan fingerprint density at radius 1 is 1.19 bits per heavy atom. The van der Waals surface area contributed by atoms with Gasteiger partial charge in [-0.15, -0.1) is 0 Å². The summed E-state index contributed by atoms with van der Waals surface area (Å²) in [5.41, 5.74) is 1.49. The Morgan fingerprint density at radius 2 is 1.90 bits per heavy atom. The Labute approximate surface area is 123 Å². The lowest BCUT2D eigenvalue weighted by Gasteiger charge is -2.11. The van der Waals surface area contributed by atoms with Gasteiger partial charge < -0.3 is 10.1 Å². The molecule has 5 heteroatoms. The van der Waals surface area contributed by atoms with E-state index in [-0.39, 0.29) is 11.4 Å². The molecule has 0 aliphatic heterocycles. The molecule has 0 aromatic heterocycles. The first kappa shape index (κ1) is 14.8. The Balaban J connectivity index is 2.40. The molecule has 0 saturated carbocycles. The molecule has 5 nitrogen and oxygen atoms in total. The maximum absolute atomic E-state index is 11.3. The van der Waals surface area contributed by atoms with Gasteiger partial charge in [-0.1, -0.05) is 32.0 Å². The van der Waals surface area contributed by atoms with Crippen molar-refractivity contribution in [2.45, 2.75) is 19.8 Å². The number of nitrogens with one attached hydrogen (secondary N) is 1. The number of ether oxygens (including phenoxy) is 1. The smallest absolute Gasteiger partial charge is 0.334 e. The van der Waals surface area contributed by atoms with Crippen LogP contribution in [0.1, 0.15) is 25.3 Å². The van der Waals surface area contributed by atoms with Crippen molar-refractivity contribution in [3.63, 3.8) is 0 Å². The summed E-state index contributed by atoms with van der Waals surface area (Å²) in [6.07, 6.45) is 0. The van der Waals surface area contributed by atoms with Crippen LogP contribution in [-0.2, 0) is 0 Å². The van der Waals surface area contributed by atoms with Gasteiger partial charge in [-0.3, -0.25) is 10.1 Å². The van der Waals surface area contributed by atoms with E-state index >= 15 is 0 Å². The van der Waals surface area contributed by atoms with E-state index in [4.69, 9.17) is 4.74 Å². The maximum atomic E-state index is 11.3. The molecule has 2 aromatic rings. The minimum atomic E-state index is -0.437.